The Morgan fingerprint density at radius 2 is 2.14 bits per heavy atom. The number of aromatic nitrogens is 2. The molecule has 0 aliphatic rings. The SMILES string of the molecule is C=C(OC)c1cc(-c2csc(Nc3ccc(F)cc3)n2)c[nH]1. The first-order valence-electron chi connectivity index (χ1n) is 6.56. The van der Waals surface area contributed by atoms with Crippen molar-refractivity contribution in [3.8, 4) is 11.3 Å². The summed E-state index contributed by atoms with van der Waals surface area (Å²) in [5.74, 6) is 0.315. The van der Waals surface area contributed by atoms with Crippen molar-refractivity contribution in [1.29, 1.82) is 0 Å². The largest absolute Gasteiger partial charge is 0.495 e. The highest BCUT2D eigenvalue weighted by Gasteiger charge is 2.09. The standard InChI is InChI=1S/C16H14FN3OS/c1-10(21-2)14-7-11(8-18-14)15-9-22-16(20-15)19-13-5-3-12(17)4-6-13/h3-9,18H,1H2,2H3,(H,19,20). The van der Waals surface area contributed by atoms with Gasteiger partial charge in [0.2, 0.25) is 0 Å². The number of hydrogen-bond donors (Lipinski definition) is 2. The van der Waals surface area contributed by atoms with E-state index in [1.807, 2.05) is 17.6 Å². The molecular formula is C16H14FN3OS. The quantitative estimate of drug-likeness (QED) is 0.674. The second-order valence-electron chi connectivity index (χ2n) is 4.60. The number of ether oxygens (including phenoxy) is 1. The maximum atomic E-state index is 12.9. The van der Waals surface area contributed by atoms with Crippen molar-refractivity contribution in [1.82, 2.24) is 9.97 Å². The Labute approximate surface area is 131 Å². The van der Waals surface area contributed by atoms with Crippen molar-refractivity contribution >= 4 is 27.9 Å². The highest BCUT2D eigenvalue weighted by atomic mass is 32.1. The highest BCUT2D eigenvalue weighted by Crippen LogP contribution is 2.28. The second kappa shape index (κ2) is 6.03. The number of aromatic amines is 1. The summed E-state index contributed by atoms with van der Waals surface area (Å²) < 4.78 is 18.0. The van der Waals surface area contributed by atoms with Crippen LogP contribution in [0.4, 0.5) is 15.2 Å². The van der Waals surface area contributed by atoms with Gasteiger partial charge in [-0.05, 0) is 30.3 Å². The molecule has 2 N–H and O–H groups in total. The Hall–Kier alpha value is -2.60. The van der Waals surface area contributed by atoms with Crippen molar-refractivity contribution in [2.75, 3.05) is 12.4 Å². The summed E-state index contributed by atoms with van der Waals surface area (Å²) in [5, 5.41) is 5.85. The minimum atomic E-state index is -0.261. The topological polar surface area (TPSA) is 49.9 Å². The molecule has 0 saturated heterocycles. The van der Waals surface area contributed by atoms with Crippen LogP contribution in [-0.4, -0.2) is 17.1 Å². The third-order valence-corrected chi connectivity index (χ3v) is 3.88. The Morgan fingerprint density at radius 3 is 2.86 bits per heavy atom. The van der Waals surface area contributed by atoms with Gasteiger partial charge in [-0.25, -0.2) is 9.37 Å². The van der Waals surface area contributed by atoms with Crippen LogP contribution in [0.25, 0.3) is 17.0 Å². The number of thiazole rings is 1. The third-order valence-electron chi connectivity index (χ3n) is 3.13. The third kappa shape index (κ3) is 3.01. The second-order valence-corrected chi connectivity index (χ2v) is 5.46. The number of nitrogens with one attached hydrogen (secondary N) is 2. The van der Waals surface area contributed by atoms with E-state index in [2.05, 4.69) is 21.9 Å². The molecule has 0 saturated carbocycles. The fraction of sp³-hybridized carbons (Fsp3) is 0.0625. The molecule has 0 bridgehead atoms. The molecule has 0 spiro atoms. The van der Waals surface area contributed by atoms with Gasteiger partial charge in [0, 0.05) is 22.8 Å². The Balaban J connectivity index is 1.77. The molecule has 6 heteroatoms. The van der Waals surface area contributed by atoms with Crippen LogP contribution in [0, 0.1) is 5.82 Å². The van der Waals surface area contributed by atoms with E-state index in [9.17, 15) is 4.39 Å². The molecule has 3 aromatic rings. The van der Waals surface area contributed by atoms with Gasteiger partial charge in [0.15, 0.2) is 5.13 Å². The number of benzene rings is 1. The van der Waals surface area contributed by atoms with Gasteiger partial charge in [-0.1, -0.05) is 6.58 Å². The number of nitrogens with zero attached hydrogens (tertiary/aromatic N) is 1. The smallest absolute Gasteiger partial charge is 0.187 e. The van der Waals surface area contributed by atoms with Crippen LogP contribution in [-0.2, 0) is 4.74 Å². The van der Waals surface area contributed by atoms with E-state index >= 15 is 0 Å². The molecule has 0 aliphatic carbocycles. The number of H-pyrrole nitrogens is 1. The Kier molecular flexibility index (Phi) is 3.93. The molecule has 0 atom stereocenters. The first kappa shape index (κ1) is 14.3. The van der Waals surface area contributed by atoms with E-state index < -0.39 is 0 Å². The molecule has 2 aromatic heterocycles. The monoisotopic (exact) mass is 315 g/mol. The van der Waals surface area contributed by atoms with Gasteiger partial charge < -0.3 is 15.0 Å². The number of methoxy groups -OCH3 is 1. The van der Waals surface area contributed by atoms with Gasteiger partial charge in [-0.2, -0.15) is 0 Å². The molecule has 22 heavy (non-hydrogen) atoms. The maximum Gasteiger partial charge on any atom is 0.187 e. The fourth-order valence-corrected chi connectivity index (χ4v) is 2.67. The predicted octanol–water partition coefficient (Wildman–Crippen LogP) is 4.64. The van der Waals surface area contributed by atoms with Crippen molar-refractivity contribution in [2.45, 2.75) is 0 Å². The molecule has 0 fully saturated rings. The lowest BCUT2D eigenvalue weighted by Crippen LogP contribution is -1.89. The lowest BCUT2D eigenvalue weighted by atomic mass is 10.2. The van der Waals surface area contributed by atoms with Crippen molar-refractivity contribution in [2.24, 2.45) is 0 Å². The number of rotatable bonds is 5. The molecule has 2 heterocycles. The van der Waals surface area contributed by atoms with E-state index in [0.29, 0.717) is 5.76 Å². The summed E-state index contributed by atoms with van der Waals surface area (Å²) >= 11 is 1.48. The zero-order chi connectivity index (χ0) is 15.5. The molecule has 0 aliphatic heterocycles. The summed E-state index contributed by atoms with van der Waals surface area (Å²) in [7, 11) is 1.58. The van der Waals surface area contributed by atoms with Crippen LogP contribution in [0.2, 0.25) is 0 Å². The highest BCUT2D eigenvalue weighted by molar-refractivity contribution is 7.14. The summed E-state index contributed by atoms with van der Waals surface area (Å²) in [4.78, 5) is 7.62. The Bertz CT molecular complexity index is 792. The summed E-state index contributed by atoms with van der Waals surface area (Å²) in [6.45, 7) is 3.80. The van der Waals surface area contributed by atoms with Gasteiger partial charge in [-0.15, -0.1) is 11.3 Å². The first-order valence-corrected chi connectivity index (χ1v) is 7.44. The molecule has 112 valence electrons. The van der Waals surface area contributed by atoms with E-state index in [-0.39, 0.29) is 5.82 Å². The van der Waals surface area contributed by atoms with Crippen molar-refractivity contribution in [3.05, 3.63) is 60.0 Å². The van der Waals surface area contributed by atoms with E-state index in [1.54, 1.807) is 19.2 Å². The average Bonchev–Trinajstić information content (AvgIpc) is 3.18. The molecule has 3 rings (SSSR count). The number of halogens is 1. The first-order chi connectivity index (χ1) is 10.7. The average molecular weight is 315 g/mol. The van der Waals surface area contributed by atoms with Crippen LogP contribution >= 0.6 is 11.3 Å². The number of hydrogen-bond acceptors (Lipinski definition) is 4. The van der Waals surface area contributed by atoms with Gasteiger partial charge in [-0.3, -0.25) is 0 Å². The van der Waals surface area contributed by atoms with Crippen molar-refractivity contribution in [3.63, 3.8) is 0 Å². The predicted molar refractivity (Wildman–Crippen MR) is 87.6 cm³/mol. The van der Waals surface area contributed by atoms with E-state index in [4.69, 9.17) is 4.74 Å². The number of anilines is 2. The lowest BCUT2D eigenvalue weighted by Gasteiger charge is -2.01. The molecular weight excluding hydrogens is 301 g/mol. The zero-order valence-corrected chi connectivity index (χ0v) is 12.7. The summed E-state index contributed by atoms with van der Waals surface area (Å²) in [6.07, 6.45) is 1.86. The minimum absolute atomic E-state index is 0.261. The van der Waals surface area contributed by atoms with Gasteiger partial charge in [0.1, 0.15) is 11.6 Å². The van der Waals surface area contributed by atoms with Crippen LogP contribution in [0.15, 0.2) is 48.5 Å². The minimum Gasteiger partial charge on any atom is -0.495 e. The maximum absolute atomic E-state index is 12.9. The molecule has 0 unspecified atom stereocenters. The normalized spacial score (nSPS) is 10.5. The van der Waals surface area contributed by atoms with Crippen molar-refractivity contribution < 1.29 is 9.13 Å². The summed E-state index contributed by atoms with van der Waals surface area (Å²) in [6, 6.07) is 8.10. The van der Waals surface area contributed by atoms with Gasteiger partial charge >= 0.3 is 0 Å². The van der Waals surface area contributed by atoms with Gasteiger partial charge in [0.25, 0.3) is 0 Å². The molecule has 1 aromatic carbocycles. The van der Waals surface area contributed by atoms with Gasteiger partial charge in [0.05, 0.1) is 18.5 Å². The van der Waals surface area contributed by atoms with Crippen LogP contribution < -0.4 is 5.32 Å². The molecule has 0 radical (unpaired) electrons. The molecule has 0 amide bonds. The van der Waals surface area contributed by atoms with Crippen LogP contribution in [0.1, 0.15) is 5.69 Å². The fourth-order valence-electron chi connectivity index (χ4n) is 1.93. The van der Waals surface area contributed by atoms with E-state index in [1.165, 1.54) is 23.5 Å². The Morgan fingerprint density at radius 1 is 1.36 bits per heavy atom. The van der Waals surface area contributed by atoms with Crippen LogP contribution in [0.3, 0.4) is 0 Å². The lowest BCUT2D eigenvalue weighted by molar-refractivity contribution is 0.370. The zero-order valence-electron chi connectivity index (χ0n) is 11.9. The van der Waals surface area contributed by atoms with E-state index in [0.717, 1.165) is 27.8 Å². The molecule has 4 nitrogen and oxygen atoms in total. The summed E-state index contributed by atoms with van der Waals surface area (Å²) in [5.41, 5.74) is 3.42. The van der Waals surface area contributed by atoms with Crippen LogP contribution in [0.5, 0.6) is 0 Å².